The van der Waals surface area contributed by atoms with E-state index in [0.29, 0.717) is 0 Å². The van der Waals surface area contributed by atoms with Crippen molar-refractivity contribution < 1.29 is 20.1 Å². The van der Waals surface area contributed by atoms with Gasteiger partial charge in [0.2, 0.25) is 0 Å². The van der Waals surface area contributed by atoms with Crippen molar-refractivity contribution in [3.63, 3.8) is 0 Å². The Morgan fingerprint density at radius 3 is 2.40 bits per heavy atom. The van der Waals surface area contributed by atoms with E-state index >= 15 is 0 Å². The van der Waals surface area contributed by atoms with Gasteiger partial charge >= 0.3 is 0 Å². The van der Waals surface area contributed by atoms with Crippen molar-refractivity contribution in [1.29, 1.82) is 0 Å². The number of aliphatic hydroxyl groups excluding tert-OH is 3. The zero-order valence-electron chi connectivity index (χ0n) is 5.77. The Balaban J connectivity index is 2.49. The Morgan fingerprint density at radius 2 is 1.90 bits per heavy atom. The summed E-state index contributed by atoms with van der Waals surface area (Å²) in [4.78, 5) is 0. The van der Waals surface area contributed by atoms with Gasteiger partial charge in [-0.15, -0.1) is 0 Å². The topological polar surface area (TPSA) is 69.9 Å². The first-order valence-corrected chi connectivity index (χ1v) is 3.31. The molecule has 1 rings (SSSR count). The molecule has 0 spiro atoms. The second-order valence-electron chi connectivity index (χ2n) is 2.59. The lowest BCUT2D eigenvalue weighted by molar-refractivity contribution is -0.226. The van der Waals surface area contributed by atoms with Crippen LogP contribution in [0.3, 0.4) is 0 Å². The molecule has 0 aromatic carbocycles. The largest absolute Gasteiger partial charge is 0.390 e. The third-order valence-electron chi connectivity index (χ3n) is 1.69. The molecule has 4 atom stereocenters. The molecule has 0 amide bonds. The van der Waals surface area contributed by atoms with E-state index < -0.39 is 24.6 Å². The van der Waals surface area contributed by atoms with Gasteiger partial charge in [-0.1, -0.05) is 0 Å². The van der Waals surface area contributed by atoms with Crippen molar-refractivity contribution >= 4 is 0 Å². The van der Waals surface area contributed by atoms with Gasteiger partial charge in [-0.3, -0.25) is 0 Å². The lowest BCUT2D eigenvalue weighted by Crippen LogP contribution is -2.46. The van der Waals surface area contributed by atoms with E-state index in [1.807, 2.05) is 0 Å². The maximum Gasteiger partial charge on any atom is 0.157 e. The van der Waals surface area contributed by atoms with E-state index in [9.17, 15) is 0 Å². The molecule has 1 heterocycles. The molecule has 0 bridgehead atoms. The second kappa shape index (κ2) is 2.84. The highest BCUT2D eigenvalue weighted by molar-refractivity contribution is 4.78. The summed E-state index contributed by atoms with van der Waals surface area (Å²) >= 11 is 0. The van der Waals surface area contributed by atoms with Crippen LogP contribution in [0.15, 0.2) is 0 Å². The molecule has 0 aromatic rings. The first kappa shape index (κ1) is 7.94. The molecule has 0 saturated carbocycles. The van der Waals surface area contributed by atoms with Crippen molar-refractivity contribution in [3.05, 3.63) is 0 Å². The van der Waals surface area contributed by atoms with Gasteiger partial charge in [0.1, 0.15) is 6.10 Å². The van der Waals surface area contributed by atoms with E-state index in [1.54, 1.807) is 6.92 Å². The van der Waals surface area contributed by atoms with Crippen LogP contribution in [-0.2, 0) is 4.74 Å². The van der Waals surface area contributed by atoms with Crippen LogP contribution in [0.2, 0.25) is 0 Å². The quantitative estimate of drug-likeness (QED) is 0.405. The van der Waals surface area contributed by atoms with E-state index in [1.165, 1.54) is 0 Å². The molecule has 1 saturated heterocycles. The van der Waals surface area contributed by atoms with Crippen molar-refractivity contribution in [2.75, 3.05) is 0 Å². The van der Waals surface area contributed by atoms with E-state index in [2.05, 4.69) is 0 Å². The predicted octanol–water partition coefficient (Wildman–Crippen LogP) is -1.16. The van der Waals surface area contributed by atoms with Gasteiger partial charge in [0.25, 0.3) is 0 Å². The SMILES string of the molecule is C[C@H]1O[C@@H](O)C[C@@H](O)C1O. The van der Waals surface area contributed by atoms with Crippen LogP contribution in [0.25, 0.3) is 0 Å². The minimum Gasteiger partial charge on any atom is -0.390 e. The Kier molecular flexibility index (Phi) is 2.25. The van der Waals surface area contributed by atoms with Gasteiger partial charge in [0.05, 0.1) is 12.2 Å². The number of aliphatic hydroxyl groups is 3. The Labute approximate surface area is 59.1 Å². The Hall–Kier alpha value is -0.160. The van der Waals surface area contributed by atoms with Gasteiger partial charge < -0.3 is 20.1 Å². The molecule has 1 fully saturated rings. The molecular weight excluding hydrogens is 136 g/mol. The lowest BCUT2D eigenvalue weighted by Gasteiger charge is -2.32. The van der Waals surface area contributed by atoms with Gasteiger partial charge in [0, 0.05) is 6.42 Å². The maximum atomic E-state index is 9.08. The minimum atomic E-state index is -0.937. The highest BCUT2D eigenvalue weighted by Crippen LogP contribution is 2.17. The van der Waals surface area contributed by atoms with Crippen LogP contribution in [0.4, 0.5) is 0 Å². The monoisotopic (exact) mass is 148 g/mol. The summed E-state index contributed by atoms with van der Waals surface area (Å²) in [6, 6.07) is 0. The smallest absolute Gasteiger partial charge is 0.157 e. The molecule has 4 nitrogen and oxygen atoms in total. The van der Waals surface area contributed by atoms with E-state index in [4.69, 9.17) is 20.1 Å². The third-order valence-corrected chi connectivity index (χ3v) is 1.69. The molecule has 4 heteroatoms. The Bertz CT molecular complexity index is 104. The molecule has 0 aromatic heterocycles. The zero-order valence-corrected chi connectivity index (χ0v) is 5.77. The second-order valence-corrected chi connectivity index (χ2v) is 2.59. The zero-order chi connectivity index (χ0) is 7.72. The molecule has 1 aliphatic rings. The van der Waals surface area contributed by atoms with Crippen LogP contribution in [0.5, 0.6) is 0 Å². The molecule has 60 valence electrons. The summed E-state index contributed by atoms with van der Waals surface area (Å²) in [7, 11) is 0. The number of ether oxygens (including phenoxy) is 1. The molecular formula is C6H12O4. The molecule has 0 radical (unpaired) electrons. The van der Waals surface area contributed by atoms with Crippen molar-refractivity contribution in [3.8, 4) is 0 Å². The fraction of sp³-hybridized carbons (Fsp3) is 1.00. The average Bonchev–Trinajstić information content (AvgIpc) is 1.82. The molecule has 1 unspecified atom stereocenters. The lowest BCUT2D eigenvalue weighted by atomic mass is 10.0. The maximum absolute atomic E-state index is 9.08. The molecule has 1 aliphatic heterocycles. The third kappa shape index (κ3) is 1.46. The minimum absolute atomic E-state index is 0.0888. The summed E-state index contributed by atoms with van der Waals surface area (Å²) in [5, 5.41) is 27.0. The van der Waals surface area contributed by atoms with Gasteiger partial charge in [0.15, 0.2) is 6.29 Å². The fourth-order valence-electron chi connectivity index (χ4n) is 1.04. The number of hydrogen-bond donors (Lipinski definition) is 3. The first-order chi connectivity index (χ1) is 4.61. The van der Waals surface area contributed by atoms with Gasteiger partial charge in [-0.2, -0.15) is 0 Å². The average molecular weight is 148 g/mol. The predicted molar refractivity (Wildman–Crippen MR) is 33.2 cm³/mol. The summed E-state index contributed by atoms with van der Waals surface area (Å²) in [6.07, 6.45) is -3.07. The normalized spacial score (nSPS) is 49.2. The van der Waals surface area contributed by atoms with Crippen LogP contribution in [0, 0.1) is 0 Å². The van der Waals surface area contributed by atoms with Crippen molar-refractivity contribution in [1.82, 2.24) is 0 Å². The summed E-state index contributed by atoms with van der Waals surface area (Å²) in [5.74, 6) is 0. The number of hydrogen-bond acceptors (Lipinski definition) is 4. The van der Waals surface area contributed by atoms with Gasteiger partial charge in [-0.05, 0) is 6.92 Å². The van der Waals surface area contributed by atoms with Crippen LogP contribution in [-0.4, -0.2) is 39.9 Å². The van der Waals surface area contributed by atoms with Crippen LogP contribution < -0.4 is 0 Å². The van der Waals surface area contributed by atoms with Crippen molar-refractivity contribution in [2.24, 2.45) is 0 Å². The van der Waals surface area contributed by atoms with E-state index in [-0.39, 0.29) is 6.42 Å². The van der Waals surface area contributed by atoms with Crippen LogP contribution in [0.1, 0.15) is 13.3 Å². The first-order valence-electron chi connectivity index (χ1n) is 3.31. The van der Waals surface area contributed by atoms with E-state index in [0.717, 1.165) is 0 Å². The van der Waals surface area contributed by atoms with Gasteiger partial charge in [-0.25, -0.2) is 0 Å². The van der Waals surface area contributed by atoms with Crippen molar-refractivity contribution in [2.45, 2.75) is 37.9 Å². The summed E-state index contributed by atoms with van der Waals surface area (Å²) < 4.78 is 4.81. The molecule has 10 heavy (non-hydrogen) atoms. The molecule has 3 N–H and O–H groups in total. The highest BCUT2D eigenvalue weighted by atomic mass is 16.6. The Morgan fingerprint density at radius 1 is 1.30 bits per heavy atom. The fourth-order valence-corrected chi connectivity index (χ4v) is 1.04. The summed E-state index contributed by atoms with van der Waals surface area (Å²) in [5.41, 5.74) is 0. The highest BCUT2D eigenvalue weighted by Gasteiger charge is 2.32. The van der Waals surface area contributed by atoms with Crippen LogP contribution >= 0.6 is 0 Å². The molecule has 0 aliphatic carbocycles. The summed E-state index contributed by atoms with van der Waals surface area (Å²) in [6.45, 7) is 1.61. The number of rotatable bonds is 0. The standard InChI is InChI=1S/C6H12O4/c1-3-6(9)4(7)2-5(8)10-3/h3-9H,2H2,1H3/t3-,4-,5-,6?/m1/s1.